The Morgan fingerprint density at radius 3 is 2.19 bits per heavy atom. The first-order chi connectivity index (χ1) is 9.45. The molecule has 124 valence electrons. The number of fused-ring (bicyclic) bond motifs is 1. The average Bonchev–Trinajstić information content (AvgIpc) is 2.82. The van der Waals surface area contributed by atoms with Gasteiger partial charge in [-0.25, -0.2) is 0 Å². The number of aliphatic hydroxyl groups is 1. The minimum atomic E-state index is -5.55. The SMILES string of the molecule is CC(O[C@@H]1CN2CCC[C@@]2(CO)C1)(C(F)(F)F)C(F)(F)F. The molecule has 2 fully saturated rings. The second kappa shape index (κ2) is 4.99. The molecule has 2 heterocycles. The molecule has 1 N–H and O–H groups in total. The van der Waals surface area contributed by atoms with Gasteiger partial charge in [-0.3, -0.25) is 4.90 Å². The Balaban J connectivity index is 2.17. The molecule has 2 saturated heterocycles. The second-order valence-corrected chi connectivity index (χ2v) is 5.90. The maximum atomic E-state index is 12.8. The van der Waals surface area contributed by atoms with Crippen molar-refractivity contribution in [1.29, 1.82) is 0 Å². The van der Waals surface area contributed by atoms with Crippen LogP contribution in [0.2, 0.25) is 0 Å². The van der Waals surface area contributed by atoms with Gasteiger partial charge in [0.2, 0.25) is 0 Å². The quantitative estimate of drug-likeness (QED) is 0.811. The number of rotatable bonds is 3. The zero-order valence-electron chi connectivity index (χ0n) is 11.4. The summed E-state index contributed by atoms with van der Waals surface area (Å²) in [5.41, 5.74) is -4.93. The van der Waals surface area contributed by atoms with Crippen molar-refractivity contribution in [3.05, 3.63) is 0 Å². The van der Waals surface area contributed by atoms with E-state index in [1.807, 2.05) is 0 Å². The molecule has 2 rings (SSSR count). The zero-order chi connectivity index (χ0) is 16.1. The lowest BCUT2D eigenvalue weighted by atomic mass is 9.94. The molecule has 0 aromatic carbocycles. The van der Waals surface area contributed by atoms with Gasteiger partial charge < -0.3 is 9.84 Å². The van der Waals surface area contributed by atoms with E-state index in [1.165, 1.54) is 0 Å². The van der Waals surface area contributed by atoms with Crippen molar-refractivity contribution >= 4 is 0 Å². The first-order valence-electron chi connectivity index (χ1n) is 6.62. The maximum absolute atomic E-state index is 12.8. The van der Waals surface area contributed by atoms with Crippen LogP contribution < -0.4 is 0 Å². The molecule has 0 aromatic rings. The third-order valence-corrected chi connectivity index (χ3v) is 4.55. The number of hydrogen-bond donors (Lipinski definition) is 1. The van der Waals surface area contributed by atoms with E-state index in [2.05, 4.69) is 4.74 Å². The number of alkyl halides is 6. The highest BCUT2D eigenvalue weighted by molar-refractivity contribution is 5.05. The minimum Gasteiger partial charge on any atom is -0.394 e. The summed E-state index contributed by atoms with van der Waals surface area (Å²) in [5, 5.41) is 9.42. The molecule has 2 atom stereocenters. The standard InChI is InChI=1S/C12H17F6NO2/c1-9(11(13,14)15,12(16,17)18)21-8-5-10(7-20)3-2-4-19(10)6-8/h8,20H,2-7H2,1H3/t8-,10-/m0/s1. The van der Waals surface area contributed by atoms with E-state index in [9.17, 15) is 31.4 Å². The summed E-state index contributed by atoms with van der Waals surface area (Å²) >= 11 is 0. The normalized spacial score (nSPS) is 31.7. The third kappa shape index (κ3) is 2.63. The molecule has 0 bridgehead atoms. The molecule has 0 aromatic heterocycles. The van der Waals surface area contributed by atoms with E-state index >= 15 is 0 Å². The van der Waals surface area contributed by atoms with Gasteiger partial charge in [-0.15, -0.1) is 0 Å². The highest BCUT2D eigenvalue weighted by Crippen LogP contribution is 2.48. The number of nitrogens with zero attached hydrogens (tertiary/aromatic N) is 1. The van der Waals surface area contributed by atoms with Crippen molar-refractivity contribution in [1.82, 2.24) is 4.90 Å². The van der Waals surface area contributed by atoms with E-state index in [0.29, 0.717) is 13.0 Å². The van der Waals surface area contributed by atoms with Crippen LogP contribution in [0.3, 0.4) is 0 Å². The number of aliphatic hydroxyl groups excluding tert-OH is 1. The molecule has 9 heteroatoms. The minimum absolute atomic E-state index is 0.0159. The van der Waals surface area contributed by atoms with Gasteiger partial charge in [0.1, 0.15) is 0 Å². The number of halogens is 6. The molecule has 0 aliphatic carbocycles. The molecule has 0 radical (unpaired) electrons. The Morgan fingerprint density at radius 2 is 1.76 bits per heavy atom. The van der Waals surface area contributed by atoms with Crippen LogP contribution in [0.4, 0.5) is 26.3 Å². The monoisotopic (exact) mass is 321 g/mol. The predicted molar refractivity (Wildman–Crippen MR) is 60.6 cm³/mol. The number of ether oxygens (including phenoxy) is 1. The Bertz CT molecular complexity index is 382. The van der Waals surface area contributed by atoms with Crippen molar-refractivity contribution in [2.75, 3.05) is 19.7 Å². The summed E-state index contributed by atoms with van der Waals surface area (Å²) in [5.74, 6) is 0. The van der Waals surface area contributed by atoms with Crippen molar-refractivity contribution in [3.8, 4) is 0 Å². The average molecular weight is 321 g/mol. The van der Waals surface area contributed by atoms with Crippen molar-refractivity contribution in [2.45, 2.75) is 55.8 Å². The maximum Gasteiger partial charge on any atom is 0.426 e. The van der Waals surface area contributed by atoms with Gasteiger partial charge in [0.15, 0.2) is 0 Å². The highest BCUT2D eigenvalue weighted by Gasteiger charge is 2.70. The fourth-order valence-corrected chi connectivity index (χ4v) is 3.19. The van der Waals surface area contributed by atoms with Gasteiger partial charge in [-0.05, 0) is 32.7 Å². The van der Waals surface area contributed by atoms with Crippen LogP contribution in [0.1, 0.15) is 26.2 Å². The van der Waals surface area contributed by atoms with E-state index in [1.54, 1.807) is 4.90 Å². The van der Waals surface area contributed by atoms with Crippen LogP contribution in [0.15, 0.2) is 0 Å². The van der Waals surface area contributed by atoms with Gasteiger partial charge >= 0.3 is 12.4 Å². The largest absolute Gasteiger partial charge is 0.426 e. The Hall–Kier alpha value is -0.540. The molecule has 0 unspecified atom stereocenters. The molecular formula is C12H17F6NO2. The second-order valence-electron chi connectivity index (χ2n) is 5.90. The van der Waals surface area contributed by atoms with Gasteiger partial charge in [0.05, 0.1) is 12.7 Å². The van der Waals surface area contributed by atoms with Crippen LogP contribution in [-0.2, 0) is 4.74 Å². The molecule has 21 heavy (non-hydrogen) atoms. The fourth-order valence-electron chi connectivity index (χ4n) is 3.19. The summed E-state index contributed by atoms with van der Waals surface area (Å²) in [4.78, 5) is 1.73. The summed E-state index contributed by atoms with van der Waals surface area (Å²) in [7, 11) is 0. The molecule has 2 aliphatic rings. The molecule has 2 aliphatic heterocycles. The Labute approximate surface area is 117 Å². The summed E-state index contributed by atoms with van der Waals surface area (Å²) < 4.78 is 81.4. The highest BCUT2D eigenvalue weighted by atomic mass is 19.4. The van der Waals surface area contributed by atoms with Gasteiger partial charge in [0, 0.05) is 12.1 Å². The van der Waals surface area contributed by atoms with Gasteiger partial charge in [0.25, 0.3) is 5.60 Å². The van der Waals surface area contributed by atoms with Crippen LogP contribution in [0.5, 0.6) is 0 Å². The molecule has 0 amide bonds. The molecule has 3 nitrogen and oxygen atoms in total. The first kappa shape index (κ1) is 16.8. The van der Waals surface area contributed by atoms with Crippen LogP contribution in [0, 0.1) is 0 Å². The lowest BCUT2D eigenvalue weighted by Crippen LogP contribution is -2.58. The van der Waals surface area contributed by atoms with Gasteiger partial charge in [-0.1, -0.05) is 0 Å². The lowest BCUT2D eigenvalue weighted by Gasteiger charge is -2.36. The zero-order valence-corrected chi connectivity index (χ0v) is 11.4. The van der Waals surface area contributed by atoms with Crippen LogP contribution in [-0.4, -0.2) is 59.3 Å². The first-order valence-corrected chi connectivity index (χ1v) is 6.62. The van der Waals surface area contributed by atoms with E-state index < -0.39 is 29.6 Å². The van der Waals surface area contributed by atoms with Crippen molar-refractivity contribution < 1.29 is 36.2 Å². The van der Waals surface area contributed by atoms with E-state index in [-0.39, 0.29) is 26.5 Å². The van der Waals surface area contributed by atoms with Crippen LogP contribution >= 0.6 is 0 Å². The van der Waals surface area contributed by atoms with E-state index in [0.717, 1.165) is 6.42 Å². The third-order valence-electron chi connectivity index (χ3n) is 4.55. The van der Waals surface area contributed by atoms with Crippen molar-refractivity contribution in [2.24, 2.45) is 0 Å². The van der Waals surface area contributed by atoms with Crippen LogP contribution in [0.25, 0.3) is 0 Å². The summed E-state index contributed by atoms with van der Waals surface area (Å²) in [6.07, 6.45) is -11.0. The van der Waals surface area contributed by atoms with Crippen molar-refractivity contribution in [3.63, 3.8) is 0 Å². The Morgan fingerprint density at radius 1 is 1.19 bits per heavy atom. The topological polar surface area (TPSA) is 32.7 Å². The molecular weight excluding hydrogens is 304 g/mol. The van der Waals surface area contributed by atoms with Gasteiger partial charge in [-0.2, -0.15) is 26.3 Å². The fraction of sp³-hybridized carbons (Fsp3) is 1.00. The summed E-state index contributed by atoms with van der Waals surface area (Å²) in [6, 6.07) is 0. The molecule has 0 saturated carbocycles. The Kier molecular flexibility index (Phi) is 4.00. The smallest absolute Gasteiger partial charge is 0.394 e. The van der Waals surface area contributed by atoms with E-state index in [4.69, 9.17) is 0 Å². The predicted octanol–water partition coefficient (Wildman–Crippen LogP) is 2.49. The number of hydrogen-bond acceptors (Lipinski definition) is 3. The molecule has 0 spiro atoms. The lowest BCUT2D eigenvalue weighted by molar-refractivity contribution is -0.382. The summed E-state index contributed by atoms with van der Waals surface area (Å²) in [6.45, 7) is 0.251.